The van der Waals surface area contributed by atoms with Gasteiger partial charge in [-0.25, -0.2) is 4.72 Å². The second kappa shape index (κ2) is 7.56. The maximum Gasteiger partial charge on any atom is 0.321 e. The fourth-order valence-electron chi connectivity index (χ4n) is 1.45. The Bertz CT molecular complexity index is 381. The van der Waals surface area contributed by atoms with Crippen LogP contribution in [0.15, 0.2) is 24.3 Å². The summed E-state index contributed by atoms with van der Waals surface area (Å²) >= 11 is 3.90. The van der Waals surface area contributed by atoms with Crippen LogP contribution in [-0.2, 0) is 11.2 Å². The van der Waals surface area contributed by atoms with Gasteiger partial charge in [-0.1, -0.05) is 23.8 Å². The molecule has 0 fully saturated rings. The van der Waals surface area contributed by atoms with Crippen molar-refractivity contribution >= 4 is 28.6 Å². The van der Waals surface area contributed by atoms with E-state index in [9.17, 15) is 4.79 Å². The predicted octanol–water partition coefficient (Wildman–Crippen LogP) is 2.55. The molecule has 100 valence electrons. The quantitative estimate of drug-likeness (QED) is 0.409. The van der Waals surface area contributed by atoms with Gasteiger partial charge in [0.25, 0.3) is 0 Å². The number of aliphatic carboxylic acids is 1. The average Bonchev–Trinajstić information content (AvgIpc) is 2.30. The zero-order chi connectivity index (χ0) is 13.5. The van der Waals surface area contributed by atoms with Gasteiger partial charge in [-0.2, -0.15) is 0 Å². The van der Waals surface area contributed by atoms with Crippen LogP contribution in [-0.4, -0.2) is 23.2 Å². The molecule has 0 heterocycles. The topological polar surface area (TPSA) is 58.6 Å². The van der Waals surface area contributed by atoms with Crippen LogP contribution in [0.5, 0.6) is 5.75 Å². The molecule has 1 aromatic rings. The van der Waals surface area contributed by atoms with E-state index in [0.717, 1.165) is 22.3 Å². The lowest BCUT2D eigenvalue weighted by Crippen LogP contribution is -2.33. The predicted molar refractivity (Wildman–Crippen MR) is 77.0 cm³/mol. The third-order valence-corrected chi connectivity index (χ3v) is 2.93. The molecular weight excluding hydrogens is 270 g/mol. The van der Waals surface area contributed by atoms with Gasteiger partial charge in [-0.3, -0.25) is 4.79 Å². The van der Waals surface area contributed by atoms with Gasteiger partial charge in [-0.15, -0.1) is 0 Å². The van der Waals surface area contributed by atoms with Crippen molar-refractivity contribution in [2.24, 2.45) is 0 Å². The molecule has 4 nitrogen and oxygen atoms in total. The van der Waals surface area contributed by atoms with Crippen molar-refractivity contribution in [1.29, 1.82) is 0 Å². The molecule has 0 saturated heterocycles. The molecule has 18 heavy (non-hydrogen) atoms. The van der Waals surface area contributed by atoms with Crippen LogP contribution >= 0.6 is 22.6 Å². The normalized spacial score (nSPS) is 12.4. The number of rotatable bonds is 7. The van der Waals surface area contributed by atoms with E-state index in [1.165, 1.54) is 0 Å². The number of ether oxygens (including phenoxy) is 1. The van der Waals surface area contributed by atoms with Crippen molar-refractivity contribution in [2.45, 2.75) is 32.4 Å². The monoisotopic (exact) mass is 287 g/mol. The van der Waals surface area contributed by atoms with E-state index >= 15 is 0 Å². The molecule has 1 rings (SSSR count). The highest BCUT2D eigenvalue weighted by atomic mass is 33.1. The summed E-state index contributed by atoms with van der Waals surface area (Å²) in [4.78, 5) is 11.0. The van der Waals surface area contributed by atoms with Crippen LogP contribution in [0, 0.1) is 0 Å². The third-order valence-electron chi connectivity index (χ3n) is 2.23. The Morgan fingerprint density at radius 1 is 1.44 bits per heavy atom. The molecule has 0 bridgehead atoms. The van der Waals surface area contributed by atoms with E-state index < -0.39 is 12.0 Å². The fourth-order valence-corrected chi connectivity index (χ4v) is 2.15. The molecule has 0 spiro atoms. The second-order valence-corrected chi connectivity index (χ2v) is 5.08. The van der Waals surface area contributed by atoms with Crippen molar-refractivity contribution < 1.29 is 14.6 Å². The Morgan fingerprint density at radius 2 is 2.06 bits per heavy atom. The van der Waals surface area contributed by atoms with Crippen molar-refractivity contribution in [2.75, 3.05) is 0 Å². The third kappa shape index (κ3) is 5.20. The average molecular weight is 287 g/mol. The first kappa shape index (κ1) is 15.2. The zero-order valence-electron chi connectivity index (χ0n) is 10.3. The van der Waals surface area contributed by atoms with Crippen molar-refractivity contribution in [3.05, 3.63) is 29.8 Å². The number of carboxylic acid groups (broad SMARTS) is 1. The maximum absolute atomic E-state index is 11.0. The zero-order valence-corrected chi connectivity index (χ0v) is 12.0. The highest BCUT2D eigenvalue weighted by Gasteiger charge is 2.17. The van der Waals surface area contributed by atoms with Gasteiger partial charge in [0, 0.05) is 0 Å². The smallest absolute Gasteiger partial charge is 0.321 e. The van der Waals surface area contributed by atoms with E-state index in [2.05, 4.69) is 16.4 Å². The molecule has 0 aliphatic rings. The summed E-state index contributed by atoms with van der Waals surface area (Å²) < 4.78 is 8.25. The van der Waals surface area contributed by atoms with Gasteiger partial charge >= 0.3 is 5.97 Å². The minimum absolute atomic E-state index is 0.130. The Morgan fingerprint density at radius 3 is 2.50 bits per heavy atom. The summed E-state index contributed by atoms with van der Waals surface area (Å²) in [5.74, 6) is -0.101. The van der Waals surface area contributed by atoms with Gasteiger partial charge < -0.3 is 9.84 Å². The molecule has 0 saturated carbocycles. The molecule has 0 unspecified atom stereocenters. The van der Waals surface area contributed by atoms with E-state index in [4.69, 9.17) is 9.84 Å². The first-order valence-corrected chi connectivity index (χ1v) is 7.44. The van der Waals surface area contributed by atoms with Crippen molar-refractivity contribution in [3.8, 4) is 5.75 Å². The van der Waals surface area contributed by atoms with Crippen molar-refractivity contribution in [3.63, 3.8) is 0 Å². The molecule has 1 aromatic carbocycles. The Balaban J connectivity index is 2.64. The molecule has 1 atom stereocenters. The lowest BCUT2D eigenvalue weighted by atomic mass is 10.1. The van der Waals surface area contributed by atoms with Crippen LogP contribution < -0.4 is 9.46 Å². The summed E-state index contributed by atoms with van der Waals surface area (Å²) in [7, 11) is 1.01. The summed E-state index contributed by atoms with van der Waals surface area (Å²) in [6.07, 6.45) is 0.537. The molecule has 6 heteroatoms. The van der Waals surface area contributed by atoms with Crippen LogP contribution in [0.25, 0.3) is 0 Å². The van der Waals surface area contributed by atoms with E-state index in [-0.39, 0.29) is 6.10 Å². The summed E-state index contributed by atoms with van der Waals surface area (Å²) in [5, 5.41) is 9.00. The van der Waals surface area contributed by atoms with Gasteiger partial charge in [0.2, 0.25) is 0 Å². The Labute approximate surface area is 116 Å². The van der Waals surface area contributed by atoms with E-state index in [1.807, 2.05) is 38.1 Å². The SMILES string of the molecule is CC(C)Oc1ccc(C[C@@H](NSS)C(=O)O)cc1. The van der Waals surface area contributed by atoms with Gasteiger partial charge in [0.1, 0.15) is 11.8 Å². The number of nitrogens with one attached hydrogen (secondary N) is 1. The number of benzene rings is 1. The first-order chi connectivity index (χ1) is 8.52. The lowest BCUT2D eigenvalue weighted by Gasteiger charge is -2.13. The Hall–Kier alpha value is -0.850. The molecule has 2 N–H and O–H groups in total. The molecule has 0 aliphatic carbocycles. The first-order valence-electron chi connectivity index (χ1n) is 5.57. The molecule has 0 aromatic heterocycles. The van der Waals surface area contributed by atoms with Crippen LogP contribution in [0.1, 0.15) is 19.4 Å². The number of carbonyl (C=O) groups is 1. The summed E-state index contributed by atoms with van der Waals surface area (Å²) in [6, 6.07) is 6.80. The number of hydrogen-bond acceptors (Lipinski definition) is 5. The van der Waals surface area contributed by atoms with Crippen LogP contribution in [0.3, 0.4) is 0 Å². The summed E-state index contributed by atoms with van der Waals surface area (Å²) in [6.45, 7) is 3.92. The van der Waals surface area contributed by atoms with Crippen LogP contribution in [0.2, 0.25) is 0 Å². The second-order valence-electron chi connectivity index (χ2n) is 4.11. The molecular formula is C12H17NO3S2. The summed E-state index contributed by atoms with van der Waals surface area (Å²) in [5.41, 5.74) is 0.938. The highest BCUT2D eigenvalue weighted by molar-refractivity contribution is 8.67. The minimum Gasteiger partial charge on any atom is -0.491 e. The largest absolute Gasteiger partial charge is 0.491 e. The van der Waals surface area contributed by atoms with Gasteiger partial charge in [0.05, 0.1) is 6.10 Å². The van der Waals surface area contributed by atoms with Gasteiger partial charge in [-0.05, 0) is 48.9 Å². The maximum atomic E-state index is 11.0. The fraction of sp³-hybridized carbons (Fsp3) is 0.417. The van der Waals surface area contributed by atoms with Crippen LogP contribution in [0.4, 0.5) is 0 Å². The van der Waals surface area contributed by atoms with E-state index in [1.54, 1.807) is 0 Å². The molecule has 0 radical (unpaired) electrons. The van der Waals surface area contributed by atoms with Crippen molar-refractivity contribution in [1.82, 2.24) is 4.72 Å². The Kier molecular flexibility index (Phi) is 6.38. The number of hydrogen-bond donors (Lipinski definition) is 3. The highest BCUT2D eigenvalue weighted by Crippen LogP contribution is 2.15. The number of thiol groups is 1. The minimum atomic E-state index is -0.890. The lowest BCUT2D eigenvalue weighted by molar-refractivity contribution is -0.138. The van der Waals surface area contributed by atoms with E-state index in [0.29, 0.717) is 6.42 Å². The van der Waals surface area contributed by atoms with Gasteiger partial charge in [0.15, 0.2) is 0 Å². The number of carboxylic acids is 1. The molecule has 0 aliphatic heterocycles. The standard InChI is InChI=1S/C12H17NO3S2/c1-8(2)16-10-5-3-9(4-6-10)7-11(12(14)15)13-18-17/h3-6,8,11,13,17H,7H2,1-2H3,(H,14,15)/t11-/m1/s1. The molecule has 0 amide bonds.